The molecular formula is C25H23N3O2S. The summed E-state index contributed by atoms with van der Waals surface area (Å²) in [4.78, 5) is 29.6. The zero-order chi connectivity index (χ0) is 21.8. The summed E-state index contributed by atoms with van der Waals surface area (Å²) in [7, 11) is 0. The molecule has 2 N–H and O–H groups in total. The van der Waals surface area contributed by atoms with Crippen LogP contribution < -0.4 is 10.6 Å². The molecule has 1 aromatic heterocycles. The number of ketones is 1. The third-order valence-corrected chi connectivity index (χ3v) is 6.07. The van der Waals surface area contributed by atoms with Crippen molar-refractivity contribution in [3.8, 4) is 0 Å². The maximum absolute atomic E-state index is 12.8. The van der Waals surface area contributed by atoms with Crippen molar-refractivity contribution in [2.75, 3.05) is 17.2 Å². The molecule has 0 unspecified atom stereocenters. The molecule has 0 aliphatic carbocycles. The van der Waals surface area contributed by atoms with Gasteiger partial charge in [0.15, 0.2) is 10.9 Å². The number of hydrogen-bond acceptors (Lipinski definition) is 5. The lowest BCUT2D eigenvalue weighted by Gasteiger charge is -2.11. The fourth-order valence-electron chi connectivity index (χ4n) is 3.39. The Hall–Kier alpha value is -3.51. The number of nitrogens with one attached hydrogen (secondary N) is 2. The number of benzene rings is 3. The average Bonchev–Trinajstić information content (AvgIpc) is 3.18. The van der Waals surface area contributed by atoms with Crippen LogP contribution in [0.4, 0.5) is 10.8 Å². The minimum Gasteiger partial charge on any atom is -0.361 e. The Balaban J connectivity index is 1.42. The average molecular weight is 430 g/mol. The van der Waals surface area contributed by atoms with Crippen LogP contribution >= 0.6 is 11.3 Å². The van der Waals surface area contributed by atoms with E-state index >= 15 is 0 Å². The maximum atomic E-state index is 12.8. The Kier molecular flexibility index (Phi) is 6.09. The van der Waals surface area contributed by atoms with Crippen LogP contribution in [0, 0.1) is 13.8 Å². The molecule has 1 heterocycles. The molecule has 4 rings (SSSR count). The van der Waals surface area contributed by atoms with Crippen LogP contribution in [0.2, 0.25) is 0 Å². The molecule has 31 heavy (non-hydrogen) atoms. The third-order valence-electron chi connectivity index (χ3n) is 5.09. The summed E-state index contributed by atoms with van der Waals surface area (Å²) in [5.41, 5.74) is 5.04. The Bertz CT molecular complexity index is 1230. The van der Waals surface area contributed by atoms with E-state index in [9.17, 15) is 9.59 Å². The molecule has 156 valence electrons. The van der Waals surface area contributed by atoms with Crippen molar-refractivity contribution in [3.05, 3.63) is 89.0 Å². The molecule has 0 aliphatic rings. The van der Waals surface area contributed by atoms with Gasteiger partial charge in [0.05, 0.1) is 10.2 Å². The van der Waals surface area contributed by atoms with Crippen molar-refractivity contribution in [3.63, 3.8) is 0 Å². The van der Waals surface area contributed by atoms with Gasteiger partial charge in [-0.1, -0.05) is 59.9 Å². The quantitative estimate of drug-likeness (QED) is 0.362. The molecule has 0 saturated heterocycles. The highest BCUT2D eigenvalue weighted by atomic mass is 32.1. The van der Waals surface area contributed by atoms with E-state index in [1.165, 1.54) is 11.3 Å². The first kappa shape index (κ1) is 20.8. The van der Waals surface area contributed by atoms with Crippen LogP contribution in [-0.2, 0) is 0 Å². The van der Waals surface area contributed by atoms with Gasteiger partial charge in [-0.3, -0.25) is 9.59 Å². The Morgan fingerprint density at radius 3 is 2.39 bits per heavy atom. The number of hydrogen-bond donors (Lipinski definition) is 2. The number of thiazole rings is 1. The van der Waals surface area contributed by atoms with E-state index in [1.807, 2.05) is 74.5 Å². The largest absolute Gasteiger partial charge is 0.361 e. The lowest BCUT2D eigenvalue weighted by atomic mass is 10.1. The van der Waals surface area contributed by atoms with Gasteiger partial charge in [0.25, 0.3) is 5.91 Å². The smallest absolute Gasteiger partial charge is 0.255 e. The van der Waals surface area contributed by atoms with Crippen molar-refractivity contribution in [1.29, 1.82) is 0 Å². The fraction of sp³-hybridized carbons (Fsp3) is 0.160. The number of aryl methyl sites for hydroxylation is 2. The number of carbonyl (C=O) groups is 2. The Labute approximate surface area is 185 Å². The predicted molar refractivity (Wildman–Crippen MR) is 127 cm³/mol. The van der Waals surface area contributed by atoms with Crippen molar-refractivity contribution >= 4 is 44.1 Å². The number of Topliss-reactive ketones (excluding diaryl/α,β-unsaturated/α-hetero) is 1. The molecule has 6 heteroatoms. The lowest BCUT2D eigenvalue weighted by Crippen LogP contribution is -2.13. The van der Waals surface area contributed by atoms with Gasteiger partial charge in [-0.05, 0) is 43.2 Å². The zero-order valence-corrected chi connectivity index (χ0v) is 18.3. The monoisotopic (exact) mass is 429 g/mol. The minimum absolute atomic E-state index is 0.0969. The third kappa shape index (κ3) is 4.81. The van der Waals surface area contributed by atoms with Crippen molar-refractivity contribution < 1.29 is 9.59 Å². The second-order valence-corrected chi connectivity index (χ2v) is 8.42. The molecule has 3 aromatic carbocycles. The van der Waals surface area contributed by atoms with Crippen LogP contribution in [0.3, 0.4) is 0 Å². The molecule has 4 aromatic rings. The Morgan fingerprint density at radius 2 is 1.65 bits per heavy atom. The molecular weight excluding hydrogens is 406 g/mol. The van der Waals surface area contributed by atoms with Crippen LogP contribution in [0.25, 0.3) is 10.2 Å². The van der Waals surface area contributed by atoms with Crippen LogP contribution in [0.15, 0.2) is 66.7 Å². The number of nitrogens with zero attached hydrogens (tertiary/aromatic N) is 1. The highest BCUT2D eigenvalue weighted by Crippen LogP contribution is 2.28. The minimum atomic E-state index is -0.143. The highest BCUT2D eigenvalue weighted by molar-refractivity contribution is 7.22. The molecule has 0 aliphatic heterocycles. The van der Waals surface area contributed by atoms with Gasteiger partial charge in [0.2, 0.25) is 0 Å². The second-order valence-electron chi connectivity index (χ2n) is 7.39. The van der Waals surface area contributed by atoms with Crippen molar-refractivity contribution in [2.24, 2.45) is 0 Å². The number of fused-ring (bicyclic) bond motifs is 1. The number of rotatable bonds is 7. The number of aromatic nitrogens is 1. The second kappa shape index (κ2) is 9.10. The van der Waals surface area contributed by atoms with Gasteiger partial charge in [0, 0.05) is 29.8 Å². The first-order valence-electron chi connectivity index (χ1n) is 10.1. The number of amides is 1. The predicted octanol–water partition coefficient (Wildman–Crippen LogP) is 5.85. The molecule has 0 spiro atoms. The zero-order valence-electron chi connectivity index (χ0n) is 17.4. The summed E-state index contributed by atoms with van der Waals surface area (Å²) < 4.78 is 0.922. The maximum Gasteiger partial charge on any atom is 0.255 e. The fourth-order valence-corrected chi connectivity index (χ4v) is 4.32. The molecule has 0 fully saturated rings. The lowest BCUT2D eigenvalue weighted by molar-refractivity contribution is 0.0985. The summed E-state index contributed by atoms with van der Waals surface area (Å²) in [5, 5.41) is 6.98. The summed E-state index contributed by atoms with van der Waals surface area (Å²) in [6.45, 7) is 4.47. The molecule has 0 radical (unpaired) electrons. The number of carbonyl (C=O) groups excluding carboxylic acids is 2. The standard InChI is InChI=1S/C25H23N3O2S/c1-16-7-6-8-17(2)23(16)28-24(30)19-11-12-20-22(15-19)31-25(27-20)26-14-13-21(29)18-9-4-3-5-10-18/h3-12,15H,13-14H2,1-2H3,(H,26,27)(H,28,30). The SMILES string of the molecule is Cc1cccc(C)c1NC(=O)c1ccc2nc(NCCC(=O)c3ccccc3)sc2c1. The van der Waals surface area contributed by atoms with Gasteiger partial charge < -0.3 is 10.6 Å². The molecule has 0 atom stereocenters. The van der Waals surface area contributed by atoms with E-state index in [0.29, 0.717) is 24.1 Å². The summed E-state index contributed by atoms with van der Waals surface area (Å²) in [5.74, 6) is -0.0460. The van der Waals surface area contributed by atoms with E-state index in [4.69, 9.17) is 0 Å². The molecule has 1 amide bonds. The van der Waals surface area contributed by atoms with E-state index in [-0.39, 0.29) is 11.7 Å². The van der Waals surface area contributed by atoms with Crippen LogP contribution in [-0.4, -0.2) is 23.2 Å². The normalized spacial score (nSPS) is 10.8. The summed E-state index contributed by atoms with van der Waals surface area (Å²) >= 11 is 1.48. The molecule has 0 saturated carbocycles. The topological polar surface area (TPSA) is 71.1 Å². The van der Waals surface area contributed by atoms with Crippen LogP contribution in [0.1, 0.15) is 38.3 Å². The van der Waals surface area contributed by atoms with E-state index in [2.05, 4.69) is 15.6 Å². The van der Waals surface area contributed by atoms with Gasteiger partial charge in [0.1, 0.15) is 0 Å². The highest BCUT2D eigenvalue weighted by Gasteiger charge is 2.12. The van der Waals surface area contributed by atoms with Gasteiger partial charge in [-0.2, -0.15) is 0 Å². The van der Waals surface area contributed by atoms with Gasteiger partial charge in [-0.25, -0.2) is 4.98 Å². The first-order chi connectivity index (χ1) is 15.0. The number of anilines is 2. The van der Waals surface area contributed by atoms with Gasteiger partial charge >= 0.3 is 0 Å². The van der Waals surface area contributed by atoms with E-state index in [1.54, 1.807) is 6.07 Å². The molecule has 5 nitrogen and oxygen atoms in total. The van der Waals surface area contributed by atoms with Crippen molar-refractivity contribution in [2.45, 2.75) is 20.3 Å². The van der Waals surface area contributed by atoms with Crippen molar-refractivity contribution in [1.82, 2.24) is 4.98 Å². The summed E-state index contributed by atoms with van der Waals surface area (Å²) in [6.07, 6.45) is 0.392. The van der Waals surface area contributed by atoms with E-state index < -0.39 is 0 Å². The number of para-hydroxylation sites is 1. The molecule has 0 bridgehead atoms. The first-order valence-corrected chi connectivity index (χ1v) is 10.9. The van der Waals surface area contributed by atoms with E-state index in [0.717, 1.165) is 32.2 Å². The summed E-state index contributed by atoms with van der Waals surface area (Å²) in [6, 6.07) is 20.7. The van der Waals surface area contributed by atoms with Gasteiger partial charge in [-0.15, -0.1) is 0 Å². The Morgan fingerprint density at radius 1 is 0.903 bits per heavy atom. The van der Waals surface area contributed by atoms with Crippen LogP contribution in [0.5, 0.6) is 0 Å².